The highest BCUT2D eigenvalue weighted by atomic mass is 16.5. The van der Waals surface area contributed by atoms with Gasteiger partial charge in [-0.15, -0.1) is 0 Å². The van der Waals surface area contributed by atoms with Crippen molar-refractivity contribution in [2.75, 3.05) is 27.2 Å². The van der Waals surface area contributed by atoms with Crippen LogP contribution in [-0.2, 0) is 11.3 Å². The largest absolute Gasteiger partial charge is 0.497 e. The van der Waals surface area contributed by atoms with Crippen LogP contribution in [0, 0.1) is 5.92 Å². The van der Waals surface area contributed by atoms with Gasteiger partial charge in [-0.3, -0.25) is 14.5 Å². The second-order valence-electron chi connectivity index (χ2n) is 7.00. The predicted octanol–water partition coefficient (Wildman–Crippen LogP) is 1.84. The number of ether oxygens (including phenoxy) is 1. The summed E-state index contributed by atoms with van der Waals surface area (Å²) >= 11 is 0. The maximum Gasteiger partial charge on any atom is 0.252 e. The molecule has 1 saturated heterocycles. The second kappa shape index (κ2) is 6.88. The molecule has 1 N–H and O–H groups in total. The van der Waals surface area contributed by atoms with Crippen LogP contribution in [0.1, 0.15) is 19.4 Å². The van der Waals surface area contributed by atoms with Gasteiger partial charge in [-0.25, -0.2) is 0 Å². The van der Waals surface area contributed by atoms with Crippen molar-refractivity contribution in [2.24, 2.45) is 5.92 Å². The lowest BCUT2D eigenvalue weighted by Crippen LogP contribution is -2.57. The normalized spacial score (nSPS) is 19.0. The van der Waals surface area contributed by atoms with Gasteiger partial charge in [-0.1, -0.05) is 13.8 Å². The van der Waals surface area contributed by atoms with Gasteiger partial charge >= 0.3 is 0 Å². The lowest BCUT2D eigenvalue weighted by atomic mass is 9.98. The molecule has 1 amide bonds. The lowest BCUT2D eigenvalue weighted by Gasteiger charge is -2.41. The highest BCUT2D eigenvalue weighted by Gasteiger charge is 2.35. The summed E-state index contributed by atoms with van der Waals surface area (Å²) in [7, 11) is 3.44. The van der Waals surface area contributed by atoms with Gasteiger partial charge in [0.05, 0.1) is 18.7 Å². The average Bonchev–Trinajstić information content (AvgIpc) is 2.58. The first-order valence-corrected chi connectivity index (χ1v) is 8.59. The molecule has 1 atom stereocenters. The number of amides is 1. The average molecular weight is 343 g/mol. The number of likely N-dealkylation sites (N-methyl/N-ethyl adjacent to an activating group) is 1. The predicted molar refractivity (Wildman–Crippen MR) is 97.8 cm³/mol. The Bertz CT molecular complexity index is 843. The van der Waals surface area contributed by atoms with E-state index >= 15 is 0 Å². The summed E-state index contributed by atoms with van der Waals surface area (Å²) in [5.41, 5.74) is 1.32. The van der Waals surface area contributed by atoms with E-state index in [0.29, 0.717) is 24.4 Å². The summed E-state index contributed by atoms with van der Waals surface area (Å²) in [5.74, 6) is 1.03. The van der Waals surface area contributed by atoms with Gasteiger partial charge in [0.1, 0.15) is 5.75 Å². The molecule has 25 heavy (non-hydrogen) atoms. The third-order valence-corrected chi connectivity index (χ3v) is 4.88. The van der Waals surface area contributed by atoms with E-state index in [1.165, 1.54) is 0 Å². The molecule has 6 heteroatoms. The fraction of sp³-hybridized carbons (Fsp3) is 0.474. The number of H-pyrrole nitrogens is 1. The van der Waals surface area contributed by atoms with Crippen LogP contribution < -0.4 is 10.3 Å². The number of methoxy groups -OCH3 is 1. The van der Waals surface area contributed by atoms with E-state index in [0.717, 1.165) is 17.4 Å². The molecule has 0 radical (unpaired) electrons. The number of hydrogen-bond donors (Lipinski definition) is 1. The third kappa shape index (κ3) is 3.39. The van der Waals surface area contributed by atoms with Gasteiger partial charge in [-0.05, 0) is 29.5 Å². The number of nitrogens with one attached hydrogen (secondary N) is 1. The Balaban J connectivity index is 1.92. The molecule has 6 nitrogen and oxygen atoms in total. The molecule has 0 spiro atoms. The molecule has 0 saturated carbocycles. The number of carbonyl (C=O) groups is 1. The molecular formula is C19H25N3O3. The molecule has 0 unspecified atom stereocenters. The second-order valence-corrected chi connectivity index (χ2v) is 7.00. The molecule has 134 valence electrons. The summed E-state index contributed by atoms with van der Waals surface area (Å²) in [6, 6.07) is 7.35. The van der Waals surface area contributed by atoms with E-state index < -0.39 is 0 Å². The van der Waals surface area contributed by atoms with Gasteiger partial charge in [0.25, 0.3) is 5.56 Å². The smallest absolute Gasteiger partial charge is 0.252 e. The van der Waals surface area contributed by atoms with Crippen molar-refractivity contribution in [2.45, 2.75) is 26.4 Å². The van der Waals surface area contributed by atoms with Gasteiger partial charge in [0, 0.05) is 38.3 Å². The summed E-state index contributed by atoms with van der Waals surface area (Å²) in [5, 5.41) is 0.956. The van der Waals surface area contributed by atoms with E-state index in [-0.39, 0.29) is 23.4 Å². The van der Waals surface area contributed by atoms with Crippen LogP contribution >= 0.6 is 0 Å². The number of hydrogen-bond acceptors (Lipinski definition) is 4. The molecule has 2 aromatic rings. The van der Waals surface area contributed by atoms with Crippen molar-refractivity contribution in [1.29, 1.82) is 0 Å². The van der Waals surface area contributed by atoms with Crippen LogP contribution in [0.2, 0.25) is 0 Å². The number of carbonyl (C=O) groups excluding carboxylic acids is 1. The van der Waals surface area contributed by atoms with Crippen LogP contribution in [-0.4, -0.2) is 54.0 Å². The quantitative estimate of drug-likeness (QED) is 0.920. The molecule has 1 aliphatic heterocycles. The van der Waals surface area contributed by atoms with Gasteiger partial charge in [0.2, 0.25) is 5.91 Å². The van der Waals surface area contributed by atoms with E-state index in [1.54, 1.807) is 12.0 Å². The Morgan fingerprint density at radius 2 is 2.00 bits per heavy atom. The number of benzene rings is 1. The van der Waals surface area contributed by atoms with Gasteiger partial charge in [0.15, 0.2) is 0 Å². The van der Waals surface area contributed by atoms with Crippen molar-refractivity contribution in [3.8, 4) is 5.75 Å². The fourth-order valence-corrected chi connectivity index (χ4v) is 3.48. The Labute approximate surface area is 147 Å². The van der Waals surface area contributed by atoms with Crippen LogP contribution in [0.3, 0.4) is 0 Å². The molecule has 3 rings (SSSR count). The van der Waals surface area contributed by atoms with Crippen LogP contribution in [0.4, 0.5) is 0 Å². The van der Waals surface area contributed by atoms with Crippen LogP contribution in [0.15, 0.2) is 29.1 Å². The van der Waals surface area contributed by atoms with E-state index in [9.17, 15) is 9.59 Å². The first-order valence-electron chi connectivity index (χ1n) is 8.59. The standard InChI is InChI=1S/C19H25N3O3/c1-12(2)17-19(24)21(3)7-8-22(17)11-14-9-13-5-6-15(25-4)10-16(13)20-18(14)23/h5-6,9-10,12,17H,7-8,11H2,1-4H3,(H,20,23)/t17-/m1/s1. The Hall–Kier alpha value is -2.34. The minimum absolute atomic E-state index is 0.116. The fourth-order valence-electron chi connectivity index (χ4n) is 3.48. The lowest BCUT2D eigenvalue weighted by molar-refractivity contribution is -0.142. The number of aromatic amines is 1. The molecule has 0 aliphatic carbocycles. The summed E-state index contributed by atoms with van der Waals surface area (Å²) in [6.07, 6.45) is 0. The molecule has 1 aromatic heterocycles. The topological polar surface area (TPSA) is 65.6 Å². The van der Waals surface area contributed by atoms with Crippen molar-refractivity contribution in [3.05, 3.63) is 40.2 Å². The maximum atomic E-state index is 12.5. The van der Waals surface area contributed by atoms with E-state index in [4.69, 9.17) is 4.74 Å². The monoisotopic (exact) mass is 343 g/mol. The van der Waals surface area contributed by atoms with Gasteiger partial charge < -0.3 is 14.6 Å². The first kappa shape index (κ1) is 17.5. The van der Waals surface area contributed by atoms with Crippen LogP contribution in [0.5, 0.6) is 5.75 Å². The molecule has 1 fully saturated rings. The minimum Gasteiger partial charge on any atom is -0.497 e. The number of nitrogens with zero attached hydrogens (tertiary/aromatic N) is 2. The zero-order chi connectivity index (χ0) is 18.1. The third-order valence-electron chi connectivity index (χ3n) is 4.88. The van der Waals surface area contributed by atoms with Crippen molar-refractivity contribution < 1.29 is 9.53 Å². The summed E-state index contributed by atoms with van der Waals surface area (Å²) in [6.45, 7) is 6.02. The number of rotatable bonds is 4. The van der Waals surface area contributed by atoms with Crippen molar-refractivity contribution in [1.82, 2.24) is 14.8 Å². The molecule has 2 heterocycles. The number of pyridine rings is 1. The first-order chi connectivity index (χ1) is 11.9. The summed E-state index contributed by atoms with van der Waals surface area (Å²) < 4.78 is 5.20. The van der Waals surface area contributed by atoms with Crippen molar-refractivity contribution >= 4 is 16.8 Å². The van der Waals surface area contributed by atoms with E-state index in [1.807, 2.05) is 45.2 Å². The Morgan fingerprint density at radius 3 is 2.68 bits per heavy atom. The van der Waals surface area contributed by atoms with Crippen molar-refractivity contribution in [3.63, 3.8) is 0 Å². The minimum atomic E-state index is -0.190. The van der Waals surface area contributed by atoms with Gasteiger partial charge in [-0.2, -0.15) is 0 Å². The van der Waals surface area contributed by atoms with Crippen LogP contribution in [0.25, 0.3) is 10.9 Å². The maximum absolute atomic E-state index is 12.5. The zero-order valence-corrected chi connectivity index (χ0v) is 15.2. The molecular weight excluding hydrogens is 318 g/mol. The number of fused-ring (bicyclic) bond motifs is 1. The molecule has 1 aromatic carbocycles. The number of piperazine rings is 1. The summed E-state index contributed by atoms with van der Waals surface area (Å²) in [4.78, 5) is 31.9. The molecule has 1 aliphatic rings. The molecule has 0 bridgehead atoms. The SMILES string of the molecule is COc1ccc2cc(CN3CCN(C)C(=O)[C@H]3C(C)C)c(=O)[nH]c2c1. The number of aromatic nitrogens is 1. The highest BCUT2D eigenvalue weighted by molar-refractivity contribution is 5.83. The zero-order valence-electron chi connectivity index (χ0n) is 15.2. The van der Waals surface area contributed by atoms with E-state index in [2.05, 4.69) is 9.88 Å². The Morgan fingerprint density at radius 1 is 1.24 bits per heavy atom. The Kier molecular flexibility index (Phi) is 4.81. The highest BCUT2D eigenvalue weighted by Crippen LogP contribution is 2.22.